The number of benzene rings is 4. The van der Waals surface area contributed by atoms with Crippen molar-refractivity contribution in [2.24, 2.45) is 5.92 Å². The minimum Gasteiger partial charge on any atom is -0.134 e. The Morgan fingerprint density at radius 2 is 1.26 bits per heavy atom. The third-order valence-electron chi connectivity index (χ3n) is 7.59. The highest BCUT2D eigenvalue weighted by Crippen LogP contribution is 2.46. The molecule has 0 bridgehead atoms. The van der Waals surface area contributed by atoms with Crippen LogP contribution in [0.5, 0.6) is 0 Å². The van der Waals surface area contributed by atoms with Gasteiger partial charge in [0.2, 0.25) is 0 Å². The molecule has 6 rings (SSSR count). The van der Waals surface area contributed by atoms with Crippen LogP contribution < -0.4 is 0 Å². The molecule has 2 heterocycles. The Kier molecular flexibility index (Phi) is 6.05. The Hall–Kier alpha value is -2.42. The average molecular weight is 481 g/mol. The summed E-state index contributed by atoms with van der Waals surface area (Å²) < 4.78 is 5.73. The first-order valence-electron chi connectivity index (χ1n) is 12.9. The monoisotopic (exact) mass is 480 g/mol. The molecule has 1 atom stereocenters. The summed E-state index contributed by atoms with van der Waals surface area (Å²) in [5.74, 6) is 0.908. The van der Waals surface area contributed by atoms with E-state index in [1.54, 1.807) is 0 Å². The van der Waals surface area contributed by atoms with Gasteiger partial charge in [0.05, 0.1) is 9.40 Å². The lowest BCUT2D eigenvalue weighted by atomic mass is 9.92. The number of rotatable bonds is 8. The molecule has 0 fully saturated rings. The Bertz CT molecular complexity index is 1610. The van der Waals surface area contributed by atoms with Crippen molar-refractivity contribution in [2.75, 3.05) is 0 Å². The molecule has 2 aromatic heterocycles. The number of unbranched alkanes of at least 4 members (excludes halogenated alkanes) is 1. The van der Waals surface area contributed by atoms with Gasteiger partial charge in [-0.3, -0.25) is 0 Å². The van der Waals surface area contributed by atoms with Gasteiger partial charge in [-0.15, -0.1) is 22.7 Å². The van der Waals surface area contributed by atoms with Crippen molar-refractivity contribution in [3.8, 4) is 0 Å². The lowest BCUT2D eigenvalue weighted by Gasteiger charge is -2.14. The fraction of sp³-hybridized carbons (Fsp3) is 0.312. The Morgan fingerprint density at radius 3 is 1.94 bits per heavy atom. The second-order valence-corrected chi connectivity index (χ2v) is 12.0. The third kappa shape index (κ3) is 4.01. The van der Waals surface area contributed by atoms with Crippen LogP contribution in [0.3, 0.4) is 0 Å². The zero-order valence-corrected chi connectivity index (χ0v) is 21.8. The summed E-state index contributed by atoms with van der Waals surface area (Å²) >= 11 is 3.93. The molecule has 0 spiro atoms. The van der Waals surface area contributed by atoms with Crippen LogP contribution in [0.25, 0.3) is 51.1 Å². The quantitative estimate of drug-likeness (QED) is 0.203. The van der Waals surface area contributed by atoms with Gasteiger partial charge >= 0.3 is 0 Å². The second kappa shape index (κ2) is 9.32. The number of fused-ring (bicyclic) bond motifs is 7. The minimum absolute atomic E-state index is 0.908. The smallest absolute Gasteiger partial charge is 0.0542 e. The zero-order valence-electron chi connectivity index (χ0n) is 20.2. The normalized spacial score (nSPS) is 13.1. The third-order valence-corrected chi connectivity index (χ3v) is 10.1. The van der Waals surface area contributed by atoms with Crippen LogP contribution in [0.1, 0.15) is 57.9 Å². The summed E-state index contributed by atoms with van der Waals surface area (Å²) in [6, 6.07) is 25.5. The van der Waals surface area contributed by atoms with E-state index in [0.717, 1.165) is 5.92 Å². The topological polar surface area (TPSA) is 0 Å². The molecular weight excluding hydrogens is 448 g/mol. The van der Waals surface area contributed by atoms with E-state index in [0.29, 0.717) is 0 Å². The maximum absolute atomic E-state index is 2.45. The highest BCUT2D eigenvalue weighted by molar-refractivity contribution is 7.36. The van der Waals surface area contributed by atoms with E-state index >= 15 is 0 Å². The van der Waals surface area contributed by atoms with Gasteiger partial charge in [-0.25, -0.2) is 0 Å². The van der Waals surface area contributed by atoms with Gasteiger partial charge in [0.15, 0.2) is 0 Å². The number of thiophene rings is 2. The fourth-order valence-corrected chi connectivity index (χ4v) is 8.23. The summed E-state index contributed by atoms with van der Waals surface area (Å²) in [5, 5.41) is 8.27. The number of hydrogen-bond donors (Lipinski definition) is 0. The molecular formula is C32H32S2. The Morgan fingerprint density at radius 1 is 0.647 bits per heavy atom. The van der Waals surface area contributed by atoms with Gasteiger partial charge in [-0.05, 0) is 70.1 Å². The van der Waals surface area contributed by atoms with Crippen molar-refractivity contribution in [2.45, 2.75) is 58.8 Å². The van der Waals surface area contributed by atoms with Crippen LogP contribution in [0, 0.1) is 5.92 Å². The van der Waals surface area contributed by atoms with Crippen molar-refractivity contribution in [3.63, 3.8) is 0 Å². The maximum Gasteiger partial charge on any atom is 0.0542 e. The van der Waals surface area contributed by atoms with Crippen molar-refractivity contribution in [3.05, 3.63) is 72.3 Å². The van der Waals surface area contributed by atoms with Crippen LogP contribution in [0.15, 0.2) is 66.7 Å². The Balaban J connectivity index is 1.32. The molecule has 34 heavy (non-hydrogen) atoms. The van der Waals surface area contributed by atoms with Gasteiger partial charge in [0.1, 0.15) is 0 Å². The SMILES string of the molecule is CCCCC(CC)CCCc1ccc2cc3c(cc2c1)sc1c2cc4ccccc4cc2sc31. The van der Waals surface area contributed by atoms with Gasteiger partial charge in [0.25, 0.3) is 0 Å². The molecule has 172 valence electrons. The molecule has 0 amide bonds. The first kappa shape index (κ1) is 22.1. The summed E-state index contributed by atoms with van der Waals surface area (Å²) in [6.45, 7) is 4.67. The predicted octanol–water partition coefficient (Wildman–Crippen LogP) is 11.1. The van der Waals surface area contributed by atoms with E-state index in [-0.39, 0.29) is 0 Å². The highest BCUT2D eigenvalue weighted by Gasteiger charge is 2.14. The molecule has 0 aliphatic heterocycles. The molecule has 4 aromatic carbocycles. The molecule has 0 aliphatic carbocycles. The zero-order chi connectivity index (χ0) is 23.1. The second-order valence-electron chi connectivity index (χ2n) is 9.90. The van der Waals surface area contributed by atoms with Crippen molar-refractivity contribution >= 4 is 73.8 Å². The van der Waals surface area contributed by atoms with E-state index in [2.05, 4.69) is 80.6 Å². The molecule has 0 saturated heterocycles. The molecule has 0 saturated carbocycles. The maximum atomic E-state index is 2.45. The predicted molar refractivity (Wildman–Crippen MR) is 156 cm³/mol. The summed E-state index contributed by atoms with van der Waals surface area (Å²) in [5.41, 5.74) is 1.49. The highest BCUT2D eigenvalue weighted by atomic mass is 32.1. The average Bonchev–Trinajstić information content (AvgIpc) is 3.38. The summed E-state index contributed by atoms with van der Waals surface area (Å²) in [4.78, 5) is 0. The van der Waals surface area contributed by atoms with E-state index in [1.807, 2.05) is 22.7 Å². The Labute approximate surface area is 210 Å². The largest absolute Gasteiger partial charge is 0.134 e. The van der Waals surface area contributed by atoms with Crippen LogP contribution in [0.4, 0.5) is 0 Å². The van der Waals surface area contributed by atoms with E-state index < -0.39 is 0 Å². The van der Waals surface area contributed by atoms with E-state index in [1.165, 1.54) is 102 Å². The van der Waals surface area contributed by atoms with Crippen LogP contribution in [0.2, 0.25) is 0 Å². The molecule has 2 heteroatoms. The lowest BCUT2D eigenvalue weighted by Crippen LogP contribution is -2.00. The minimum atomic E-state index is 0.908. The van der Waals surface area contributed by atoms with E-state index in [4.69, 9.17) is 0 Å². The standard InChI is InChI=1S/C32H32S2/c1-3-5-9-21(4-2)10-8-11-22-14-15-25-18-28-30(20-26(25)16-22)34-31-27-17-23-12-6-7-13-24(23)19-29(27)33-32(28)31/h6-7,12-21H,3-5,8-11H2,1-2H3. The number of aryl methyl sites for hydroxylation is 1. The molecule has 6 aromatic rings. The van der Waals surface area contributed by atoms with Crippen molar-refractivity contribution in [1.82, 2.24) is 0 Å². The van der Waals surface area contributed by atoms with E-state index in [9.17, 15) is 0 Å². The molecule has 0 radical (unpaired) electrons. The van der Waals surface area contributed by atoms with Crippen LogP contribution in [-0.2, 0) is 6.42 Å². The first-order chi connectivity index (χ1) is 16.7. The van der Waals surface area contributed by atoms with Gasteiger partial charge < -0.3 is 0 Å². The number of hydrogen-bond acceptors (Lipinski definition) is 2. The van der Waals surface area contributed by atoms with Gasteiger partial charge in [-0.1, -0.05) is 88.4 Å². The molecule has 0 N–H and O–H groups in total. The van der Waals surface area contributed by atoms with Gasteiger partial charge in [-0.2, -0.15) is 0 Å². The van der Waals surface area contributed by atoms with Crippen molar-refractivity contribution in [1.29, 1.82) is 0 Å². The van der Waals surface area contributed by atoms with Crippen LogP contribution in [-0.4, -0.2) is 0 Å². The fourth-order valence-electron chi connectivity index (χ4n) is 5.53. The van der Waals surface area contributed by atoms with Crippen molar-refractivity contribution < 1.29 is 0 Å². The lowest BCUT2D eigenvalue weighted by molar-refractivity contribution is 0.410. The first-order valence-corrected chi connectivity index (χ1v) is 14.6. The summed E-state index contributed by atoms with van der Waals surface area (Å²) in [6.07, 6.45) is 9.32. The van der Waals surface area contributed by atoms with Gasteiger partial charge in [0, 0.05) is 20.2 Å². The summed E-state index contributed by atoms with van der Waals surface area (Å²) in [7, 11) is 0. The molecule has 0 aliphatic rings. The molecule has 0 nitrogen and oxygen atoms in total. The molecule has 1 unspecified atom stereocenters. The van der Waals surface area contributed by atoms with Crippen LogP contribution >= 0.6 is 22.7 Å².